The number of fused-ring (bicyclic) bond motifs is 1. The molecule has 2 aromatic rings. The second-order valence-corrected chi connectivity index (χ2v) is 10.8. The molecule has 1 aromatic carbocycles. The van der Waals surface area contributed by atoms with Gasteiger partial charge in [-0.3, -0.25) is 0 Å². The van der Waals surface area contributed by atoms with Gasteiger partial charge in [0, 0.05) is 42.1 Å². The normalized spacial score (nSPS) is 23.6. The number of amides is 1. The minimum Gasteiger partial charge on any atom is -0.591 e. The summed E-state index contributed by atoms with van der Waals surface area (Å²) in [6.07, 6.45) is 0.538. The van der Waals surface area contributed by atoms with Crippen LogP contribution in [0.4, 0.5) is 9.18 Å². The van der Waals surface area contributed by atoms with Crippen molar-refractivity contribution in [2.75, 3.05) is 13.1 Å². The molecule has 0 spiro atoms. The van der Waals surface area contributed by atoms with E-state index in [2.05, 4.69) is 9.38 Å². The molecule has 4 atom stereocenters. The molecule has 4 rings (SSSR count). The topological polar surface area (TPSA) is 98.1 Å². The van der Waals surface area contributed by atoms with Crippen LogP contribution in [0.25, 0.3) is 11.3 Å². The van der Waals surface area contributed by atoms with Crippen LogP contribution in [0.5, 0.6) is 5.88 Å². The van der Waals surface area contributed by atoms with Gasteiger partial charge in [0.1, 0.15) is 28.0 Å². The summed E-state index contributed by atoms with van der Waals surface area (Å²) in [6, 6.07) is 9.48. The number of piperidine rings is 1. The summed E-state index contributed by atoms with van der Waals surface area (Å²) in [5, 5.41) is 9.11. The highest BCUT2D eigenvalue weighted by atomic mass is 32.2. The molecular weight excluding hydrogens is 421 g/mol. The van der Waals surface area contributed by atoms with E-state index in [0.29, 0.717) is 35.8 Å². The summed E-state index contributed by atoms with van der Waals surface area (Å²) in [6.45, 7) is 6.45. The third-order valence-electron chi connectivity index (χ3n) is 5.43. The summed E-state index contributed by atoms with van der Waals surface area (Å²) in [5.74, 6) is 0.370. The van der Waals surface area contributed by atoms with Gasteiger partial charge < -0.3 is 19.3 Å². The molecule has 1 saturated heterocycles. The molecule has 1 aliphatic heterocycles. The van der Waals surface area contributed by atoms with Gasteiger partial charge in [0.2, 0.25) is 5.88 Å². The van der Waals surface area contributed by atoms with Crippen molar-refractivity contribution in [2.45, 2.75) is 31.6 Å². The van der Waals surface area contributed by atoms with Gasteiger partial charge in [-0.15, -0.1) is 0 Å². The molecule has 2 heterocycles. The lowest BCUT2D eigenvalue weighted by Gasteiger charge is -2.18. The van der Waals surface area contributed by atoms with E-state index in [4.69, 9.17) is 9.84 Å². The quantitative estimate of drug-likeness (QED) is 0.558. The van der Waals surface area contributed by atoms with Crippen molar-refractivity contribution < 1.29 is 23.6 Å². The number of benzene rings is 1. The predicted molar refractivity (Wildman–Crippen MR) is 116 cm³/mol. The summed E-state index contributed by atoms with van der Waals surface area (Å²) < 4.78 is 35.4. The van der Waals surface area contributed by atoms with Crippen LogP contribution in [0, 0.1) is 17.7 Å². The van der Waals surface area contributed by atoms with Gasteiger partial charge in [0.05, 0.1) is 11.9 Å². The van der Waals surface area contributed by atoms with Crippen LogP contribution in [-0.2, 0) is 11.4 Å². The highest BCUT2D eigenvalue weighted by molar-refractivity contribution is 7.91. The highest BCUT2D eigenvalue weighted by Crippen LogP contribution is 2.47. The highest BCUT2D eigenvalue weighted by Gasteiger charge is 2.59. The molecule has 164 valence electrons. The molecule has 2 unspecified atom stereocenters. The number of nitrogens with zero attached hydrogens (tertiary/aromatic N) is 3. The number of halogens is 1. The summed E-state index contributed by atoms with van der Waals surface area (Å²) in [7, 11) is 0. The van der Waals surface area contributed by atoms with E-state index in [-0.39, 0.29) is 23.8 Å². The molecule has 1 aromatic heterocycles. The van der Waals surface area contributed by atoms with E-state index in [9.17, 15) is 13.7 Å². The number of likely N-dealkylation sites (tertiary alicyclic amines) is 1. The number of hydrogen-bond donors (Lipinski definition) is 1. The third kappa shape index (κ3) is 4.83. The van der Waals surface area contributed by atoms with E-state index < -0.39 is 22.2 Å². The molecule has 0 radical (unpaired) electrons. The second kappa shape index (κ2) is 8.12. The number of carboxylic acid groups (broad SMARTS) is 1. The number of hydrogen-bond acceptors (Lipinski definition) is 5. The first-order chi connectivity index (χ1) is 14.6. The lowest BCUT2D eigenvalue weighted by Crippen LogP contribution is -2.31. The van der Waals surface area contributed by atoms with Gasteiger partial charge in [-0.1, -0.05) is 4.40 Å². The third-order valence-corrected chi connectivity index (χ3v) is 6.77. The fourth-order valence-electron chi connectivity index (χ4n) is 3.64. The van der Waals surface area contributed by atoms with Gasteiger partial charge >= 0.3 is 6.09 Å². The number of pyridine rings is 1. The molecule has 0 bridgehead atoms. The van der Waals surface area contributed by atoms with Gasteiger partial charge in [-0.2, -0.15) is 0 Å². The maximum Gasteiger partial charge on any atom is 0.407 e. The van der Waals surface area contributed by atoms with Crippen LogP contribution in [0.15, 0.2) is 40.8 Å². The van der Waals surface area contributed by atoms with Crippen LogP contribution in [-0.4, -0.2) is 55.8 Å². The average Bonchev–Trinajstić information content (AvgIpc) is 3.13. The Hall–Kier alpha value is -2.65. The van der Waals surface area contributed by atoms with Gasteiger partial charge in [-0.25, -0.2) is 14.2 Å². The van der Waals surface area contributed by atoms with Crippen molar-refractivity contribution in [1.29, 1.82) is 0 Å². The second-order valence-electron chi connectivity index (χ2n) is 8.82. The van der Waals surface area contributed by atoms with Crippen LogP contribution >= 0.6 is 0 Å². The van der Waals surface area contributed by atoms with Crippen molar-refractivity contribution in [2.24, 2.45) is 16.2 Å². The van der Waals surface area contributed by atoms with E-state index in [1.165, 1.54) is 23.2 Å². The number of rotatable bonds is 5. The number of aromatic nitrogens is 1. The van der Waals surface area contributed by atoms with Gasteiger partial charge in [0.25, 0.3) is 0 Å². The lowest BCUT2D eigenvalue weighted by atomic mass is 10.1. The van der Waals surface area contributed by atoms with Crippen LogP contribution in [0.3, 0.4) is 0 Å². The molecule has 1 amide bonds. The summed E-state index contributed by atoms with van der Waals surface area (Å²) in [4.78, 5) is 17.1. The predicted octanol–water partition coefficient (Wildman–Crippen LogP) is 3.76. The first-order valence-electron chi connectivity index (χ1n) is 10.0. The maximum absolute atomic E-state index is 13.3. The van der Waals surface area contributed by atoms with Crippen LogP contribution in [0.2, 0.25) is 0 Å². The Labute approximate surface area is 183 Å². The minimum atomic E-state index is -1.41. The van der Waals surface area contributed by atoms with Gasteiger partial charge in [-0.05, 0) is 51.1 Å². The molecule has 1 N–H and O–H groups in total. The van der Waals surface area contributed by atoms with E-state index >= 15 is 0 Å². The number of carbonyl (C=O) groups is 1. The smallest absolute Gasteiger partial charge is 0.407 e. The Morgan fingerprint density at radius 3 is 2.52 bits per heavy atom. The van der Waals surface area contributed by atoms with E-state index in [0.717, 1.165) is 0 Å². The summed E-state index contributed by atoms with van der Waals surface area (Å²) in [5.41, 5.74) is 1.96. The minimum absolute atomic E-state index is 0.0833. The van der Waals surface area contributed by atoms with Crippen molar-refractivity contribution in [1.82, 2.24) is 9.88 Å². The molecule has 2 fully saturated rings. The fourth-order valence-corrected chi connectivity index (χ4v) is 4.17. The molecule has 1 aliphatic carbocycles. The summed E-state index contributed by atoms with van der Waals surface area (Å²) >= 11 is -1.41. The molecule has 31 heavy (non-hydrogen) atoms. The molecule has 9 heteroatoms. The first kappa shape index (κ1) is 21.6. The van der Waals surface area contributed by atoms with E-state index in [1.54, 1.807) is 24.3 Å². The monoisotopic (exact) mass is 445 g/mol. The molecule has 2 aliphatic rings. The number of ether oxygens (including phenoxy) is 1. The maximum atomic E-state index is 13.3. The zero-order chi connectivity index (χ0) is 22.3. The molecular formula is C22H24FN3O4S. The Morgan fingerprint density at radius 1 is 1.29 bits per heavy atom. The average molecular weight is 446 g/mol. The van der Waals surface area contributed by atoms with Crippen LogP contribution in [0.1, 0.15) is 26.3 Å². The fraction of sp³-hybridized carbons (Fsp3) is 0.409. The first-order valence-corrected chi connectivity index (χ1v) is 11.1. The molecule has 1 saturated carbocycles. The SMILES string of the molecule is CC(C)(C)[S+]([O-])/N=C\c1cc(OC2[C@H]3CN(C(=O)O)C[C@@H]23)nc(-c2ccc(F)cc2)c1. The standard InChI is InChI=1S/C22H24FN3O4S/c1-22(2,3)31(29)24-10-13-8-18(14-4-6-15(23)7-5-14)25-19(9-13)30-20-16-11-26(21(27)28)12-17(16)20/h4-10,16-17,20H,11-12H2,1-3H3,(H,27,28)/b24-10-/t16-,17+,20?,31?. The largest absolute Gasteiger partial charge is 0.591 e. The van der Waals surface area contributed by atoms with Crippen molar-refractivity contribution in [3.05, 3.63) is 47.8 Å². The van der Waals surface area contributed by atoms with Crippen molar-refractivity contribution in [3.63, 3.8) is 0 Å². The van der Waals surface area contributed by atoms with Crippen molar-refractivity contribution in [3.8, 4) is 17.1 Å². The zero-order valence-corrected chi connectivity index (χ0v) is 18.3. The van der Waals surface area contributed by atoms with E-state index in [1.807, 2.05) is 20.8 Å². The zero-order valence-electron chi connectivity index (χ0n) is 17.5. The van der Waals surface area contributed by atoms with Crippen LogP contribution < -0.4 is 4.74 Å². The van der Waals surface area contributed by atoms with Crippen molar-refractivity contribution >= 4 is 23.7 Å². The molecule has 7 nitrogen and oxygen atoms in total. The Kier molecular flexibility index (Phi) is 5.65. The Morgan fingerprint density at radius 2 is 1.94 bits per heavy atom. The Balaban J connectivity index is 1.57. The Bertz CT molecular complexity index is 997. The van der Waals surface area contributed by atoms with Gasteiger partial charge in [0.15, 0.2) is 0 Å². The lowest BCUT2D eigenvalue weighted by molar-refractivity contribution is 0.139.